The van der Waals surface area contributed by atoms with E-state index >= 15 is 0 Å². The highest BCUT2D eigenvalue weighted by molar-refractivity contribution is 7.80. The van der Waals surface area contributed by atoms with Crippen molar-refractivity contribution in [3.05, 3.63) is 77.7 Å². The summed E-state index contributed by atoms with van der Waals surface area (Å²) in [6.45, 7) is 4.51. The van der Waals surface area contributed by atoms with Crippen LogP contribution in [0.25, 0.3) is 0 Å². The third-order valence-corrected chi connectivity index (χ3v) is 3.43. The van der Waals surface area contributed by atoms with Crippen molar-refractivity contribution in [3.63, 3.8) is 0 Å². The summed E-state index contributed by atoms with van der Waals surface area (Å²) in [6.07, 6.45) is 10.7. The molecule has 1 aromatic rings. The molecular formula is C23H44N4O6S. The molecule has 0 aromatic heterocycles. The van der Waals surface area contributed by atoms with E-state index in [1.54, 1.807) is 19.1 Å². The van der Waals surface area contributed by atoms with Crippen molar-refractivity contribution in [2.45, 2.75) is 32.2 Å². The van der Waals surface area contributed by atoms with E-state index in [9.17, 15) is 9.59 Å². The first-order valence-corrected chi connectivity index (χ1v) is 9.79. The molecule has 1 atom stereocenters. The molecule has 0 radical (unpaired) electrons. The minimum absolute atomic E-state index is 0. The second-order valence-electron chi connectivity index (χ2n) is 5.59. The Morgan fingerprint density at radius 1 is 1.12 bits per heavy atom. The van der Waals surface area contributed by atoms with Gasteiger partial charge in [0, 0.05) is 42.1 Å². The number of nitrogens with two attached hydrogens (primary N) is 3. The highest BCUT2D eigenvalue weighted by Gasteiger charge is 1.99. The van der Waals surface area contributed by atoms with E-state index in [0.29, 0.717) is 18.4 Å². The van der Waals surface area contributed by atoms with Gasteiger partial charge in [0.15, 0.2) is 0 Å². The smallest absolute Gasteiger partial charge is 0.149 e. The van der Waals surface area contributed by atoms with Gasteiger partial charge in [-0.2, -0.15) is 0 Å². The Labute approximate surface area is 208 Å². The zero-order chi connectivity index (χ0) is 23.2. The fourth-order valence-electron chi connectivity index (χ4n) is 1.53. The number of hydrogen-bond donors (Lipinski definition) is 6. The van der Waals surface area contributed by atoms with Gasteiger partial charge in [0.2, 0.25) is 0 Å². The number of carbonyl (C=O) groups is 2. The zero-order valence-electron chi connectivity index (χ0n) is 19.1. The molecule has 2 rings (SSSR count). The number of aldehydes is 2. The lowest BCUT2D eigenvalue weighted by Crippen LogP contribution is -2.30. The first-order chi connectivity index (χ1) is 14.4. The van der Waals surface area contributed by atoms with Crippen LogP contribution in [-0.4, -0.2) is 59.8 Å². The van der Waals surface area contributed by atoms with Crippen molar-refractivity contribution in [1.29, 1.82) is 0 Å². The molecule has 0 amide bonds. The molecule has 1 aliphatic rings. The van der Waals surface area contributed by atoms with Gasteiger partial charge in [-0.15, -0.1) is 12.6 Å². The van der Waals surface area contributed by atoms with E-state index < -0.39 is 6.04 Å². The number of thiol groups is 1. The number of carbonyl (C=O) groups excluding carboxylic acids is 2. The number of benzene rings is 1. The van der Waals surface area contributed by atoms with Gasteiger partial charge in [-0.1, -0.05) is 37.8 Å². The van der Waals surface area contributed by atoms with Crippen molar-refractivity contribution in [1.82, 2.24) is 5.32 Å². The number of rotatable bonds is 5. The largest absolute Gasteiger partial charge is 0.412 e. The van der Waals surface area contributed by atoms with E-state index in [2.05, 4.69) is 17.9 Å². The number of aliphatic hydroxyl groups is 1. The molecule has 0 spiro atoms. The fraction of sp³-hybridized carbons (Fsp3) is 0.304. The first-order valence-electron chi connectivity index (χ1n) is 9.34. The standard InChI is InChI=1S/C11H14N2O.C6H6S.C3H8N2O.C2H6O.CH4.3H2O/c1-2-9(8-14)5-11-4-3-10(6-12)7-13-11;7-6-4-2-1-3-5-6;4-1-3(5)2-6;1-2-3;;;;/h2-5,7-8,13H,6,12H2,1H3;1-5,7H;2-3H,1,4-5H2;3H,2H2,1H3;1H4;3*1H2/b9-2+,11-5-;;;;;;;. The minimum atomic E-state index is -0.468. The summed E-state index contributed by atoms with van der Waals surface area (Å²) in [6, 6.07) is 9.32. The predicted molar refractivity (Wildman–Crippen MR) is 144 cm³/mol. The quantitative estimate of drug-likeness (QED) is 0.176. The number of aliphatic hydroxyl groups excluding tert-OH is 1. The van der Waals surface area contributed by atoms with Gasteiger partial charge in [-0.3, -0.25) is 4.79 Å². The van der Waals surface area contributed by atoms with Crippen LogP contribution < -0.4 is 22.5 Å². The fourth-order valence-corrected chi connectivity index (χ4v) is 1.71. The second kappa shape index (κ2) is 32.6. The van der Waals surface area contributed by atoms with Gasteiger partial charge < -0.3 is 48.8 Å². The predicted octanol–water partition coefficient (Wildman–Crippen LogP) is -0.375. The lowest BCUT2D eigenvalue weighted by Gasteiger charge is -2.09. The summed E-state index contributed by atoms with van der Waals surface area (Å²) in [7, 11) is 0. The third-order valence-electron chi connectivity index (χ3n) is 3.13. The van der Waals surface area contributed by atoms with Gasteiger partial charge in [0.25, 0.3) is 0 Å². The number of allylic oxidation sites excluding steroid dienone is 4. The van der Waals surface area contributed by atoms with Crippen LogP contribution in [0.15, 0.2) is 82.6 Å². The molecule has 1 unspecified atom stereocenters. The van der Waals surface area contributed by atoms with E-state index in [1.165, 1.54) is 0 Å². The third kappa shape index (κ3) is 27.4. The monoisotopic (exact) mass is 504 g/mol. The average molecular weight is 505 g/mol. The molecule has 34 heavy (non-hydrogen) atoms. The molecule has 1 heterocycles. The zero-order valence-corrected chi connectivity index (χ0v) is 20.0. The summed E-state index contributed by atoms with van der Waals surface area (Å²) >= 11 is 4.08. The van der Waals surface area contributed by atoms with Crippen molar-refractivity contribution in [2.75, 3.05) is 19.7 Å². The van der Waals surface area contributed by atoms with Gasteiger partial charge in [-0.25, -0.2) is 0 Å². The van der Waals surface area contributed by atoms with E-state index in [-0.39, 0.29) is 37.0 Å². The second-order valence-corrected chi connectivity index (χ2v) is 6.11. The summed E-state index contributed by atoms with van der Waals surface area (Å²) in [5, 5.41) is 10.6. The van der Waals surface area contributed by atoms with Crippen LogP contribution in [-0.2, 0) is 9.59 Å². The summed E-state index contributed by atoms with van der Waals surface area (Å²) < 4.78 is 0. The van der Waals surface area contributed by atoms with Crippen LogP contribution >= 0.6 is 12.6 Å². The molecule has 14 N–H and O–H groups in total. The Kier molecular flexibility index (Phi) is 43.1. The summed E-state index contributed by atoms with van der Waals surface area (Å²) in [5.74, 6) is 0. The Morgan fingerprint density at radius 3 is 1.88 bits per heavy atom. The van der Waals surface area contributed by atoms with Crippen LogP contribution in [0.1, 0.15) is 21.3 Å². The maximum absolute atomic E-state index is 10.5. The average Bonchev–Trinajstić information content (AvgIpc) is 2.79. The molecule has 10 nitrogen and oxygen atoms in total. The molecule has 1 aliphatic heterocycles. The van der Waals surface area contributed by atoms with Gasteiger partial charge in [-0.05, 0) is 43.7 Å². The molecule has 0 fully saturated rings. The highest BCUT2D eigenvalue weighted by atomic mass is 32.1. The first kappa shape index (κ1) is 45.0. The molecule has 0 bridgehead atoms. The van der Waals surface area contributed by atoms with Gasteiger partial charge >= 0.3 is 0 Å². The van der Waals surface area contributed by atoms with Gasteiger partial charge in [0.05, 0.1) is 6.04 Å². The van der Waals surface area contributed by atoms with Crippen LogP contribution in [0.5, 0.6) is 0 Å². The molecule has 0 aliphatic carbocycles. The lowest BCUT2D eigenvalue weighted by molar-refractivity contribution is -0.108. The molecule has 11 heteroatoms. The lowest BCUT2D eigenvalue weighted by atomic mass is 10.1. The van der Waals surface area contributed by atoms with Gasteiger partial charge in [0.1, 0.15) is 12.6 Å². The highest BCUT2D eigenvalue weighted by Crippen LogP contribution is 2.07. The Bertz CT molecular complexity index is 711. The number of nitrogens with one attached hydrogen (secondary N) is 1. The Morgan fingerprint density at radius 2 is 1.65 bits per heavy atom. The molecule has 0 saturated carbocycles. The number of dihydropyridines is 1. The van der Waals surface area contributed by atoms with E-state index in [0.717, 1.165) is 22.5 Å². The maximum Gasteiger partial charge on any atom is 0.149 e. The topological polar surface area (TPSA) is 239 Å². The van der Waals surface area contributed by atoms with Crippen LogP contribution in [0.2, 0.25) is 0 Å². The van der Waals surface area contributed by atoms with Crippen LogP contribution in [0.4, 0.5) is 0 Å². The molecule has 198 valence electrons. The van der Waals surface area contributed by atoms with Crippen molar-refractivity contribution < 1.29 is 31.1 Å². The summed E-state index contributed by atoms with van der Waals surface area (Å²) in [4.78, 5) is 21.1. The maximum atomic E-state index is 10.5. The van der Waals surface area contributed by atoms with Crippen LogP contribution in [0, 0.1) is 0 Å². The van der Waals surface area contributed by atoms with E-state index in [4.69, 9.17) is 22.3 Å². The molecular weight excluding hydrogens is 460 g/mol. The van der Waals surface area contributed by atoms with E-state index in [1.807, 2.05) is 55.6 Å². The normalized spacial score (nSPS) is 12.6. The molecule has 0 saturated heterocycles. The number of hydrogen-bond acceptors (Lipinski definition) is 8. The van der Waals surface area contributed by atoms with Crippen molar-refractivity contribution in [2.24, 2.45) is 17.2 Å². The SMILES string of the molecule is C.C/C=C(C=O)\C=C1\C=CC(CN)=CN1.CCO.NCC(N)C=O.O.O.O.Sc1ccccc1. The Hall–Kier alpha value is -2.61. The summed E-state index contributed by atoms with van der Waals surface area (Å²) in [5.41, 5.74) is 17.9. The molecule has 1 aromatic carbocycles. The Balaban J connectivity index is -0.0000000842. The van der Waals surface area contributed by atoms with Crippen LogP contribution in [0.3, 0.4) is 0 Å². The minimum Gasteiger partial charge on any atom is -0.412 e. The van der Waals surface area contributed by atoms with Crippen molar-refractivity contribution in [3.8, 4) is 0 Å². The van der Waals surface area contributed by atoms with Crippen molar-refractivity contribution >= 4 is 25.2 Å².